The van der Waals surface area contributed by atoms with Gasteiger partial charge in [-0.1, -0.05) is 6.07 Å². The Labute approximate surface area is 87.5 Å². The number of para-hydroxylation sites is 1. The number of hydrogen-bond donors (Lipinski definition) is 4. The number of nitrogens with two attached hydrogens (primary N) is 1. The Balaban J connectivity index is 2.69. The summed E-state index contributed by atoms with van der Waals surface area (Å²) in [5, 5.41) is 21.1. The zero-order valence-corrected chi connectivity index (χ0v) is 8.23. The molecule has 5 N–H and O–H groups in total. The number of carbonyl (C=O) groups is 1. The summed E-state index contributed by atoms with van der Waals surface area (Å²) in [6, 6.07) is 4.24. The van der Waals surface area contributed by atoms with Gasteiger partial charge in [-0.15, -0.1) is 0 Å². The predicted octanol–water partition coefficient (Wildman–Crippen LogP) is 0.176. The number of rotatable bonds is 4. The van der Waals surface area contributed by atoms with E-state index in [2.05, 4.69) is 5.32 Å². The van der Waals surface area contributed by atoms with Crippen LogP contribution in [-0.2, 0) is 0 Å². The van der Waals surface area contributed by atoms with Gasteiger partial charge in [0, 0.05) is 6.54 Å². The van der Waals surface area contributed by atoms with Gasteiger partial charge in [0.1, 0.15) is 0 Å². The highest BCUT2D eigenvalue weighted by molar-refractivity contribution is 5.97. The van der Waals surface area contributed by atoms with Gasteiger partial charge in [0.25, 0.3) is 5.91 Å². The molecule has 0 aliphatic carbocycles. The molecule has 1 amide bonds. The van der Waals surface area contributed by atoms with Gasteiger partial charge in [-0.2, -0.15) is 0 Å². The van der Waals surface area contributed by atoms with Crippen LogP contribution in [0.1, 0.15) is 16.8 Å². The van der Waals surface area contributed by atoms with E-state index in [1.807, 2.05) is 0 Å². The van der Waals surface area contributed by atoms with E-state index in [4.69, 9.17) is 5.73 Å². The summed E-state index contributed by atoms with van der Waals surface area (Å²) in [7, 11) is 0. The van der Waals surface area contributed by atoms with Crippen LogP contribution in [-0.4, -0.2) is 29.2 Å². The Morgan fingerprint density at radius 3 is 2.80 bits per heavy atom. The van der Waals surface area contributed by atoms with E-state index in [0.29, 0.717) is 19.5 Å². The Morgan fingerprint density at radius 2 is 2.13 bits per heavy atom. The van der Waals surface area contributed by atoms with Gasteiger partial charge in [0.15, 0.2) is 11.5 Å². The lowest BCUT2D eigenvalue weighted by Gasteiger charge is -2.06. The van der Waals surface area contributed by atoms with Gasteiger partial charge in [0.2, 0.25) is 0 Å². The van der Waals surface area contributed by atoms with Gasteiger partial charge in [-0.05, 0) is 25.1 Å². The summed E-state index contributed by atoms with van der Waals surface area (Å²) in [5.41, 5.74) is 5.33. The highest BCUT2D eigenvalue weighted by Crippen LogP contribution is 2.27. The molecule has 15 heavy (non-hydrogen) atoms. The molecule has 0 bridgehead atoms. The second-order valence-corrected chi connectivity index (χ2v) is 3.07. The fourth-order valence-electron chi connectivity index (χ4n) is 1.11. The largest absolute Gasteiger partial charge is 0.504 e. The normalized spacial score (nSPS) is 9.93. The molecule has 0 aliphatic rings. The number of benzene rings is 1. The molecule has 0 saturated carbocycles. The maximum Gasteiger partial charge on any atom is 0.255 e. The van der Waals surface area contributed by atoms with Gasteiger partial charge < -0.3 is 21.3 Å². The molecule has 82 valence electrons. The third-order valence-electron chi connectivity index (χ3n) is 1.93. The predicted molar refractivity (Wildman–Crippen MR) is 55.8 cm³/mol. The molecule has 0 unspecified atom stereocenters. The molecule has 0 aromatic heterocycles. The molecule has 1 aromatic rings. The van der Waals surface area contributed by atoms with Gasteiger partial charge in [-0.25, -0.2) is 0 Å². The topological polar surface area (TPSA) is 95.6 Å². The number of hydrogen-bond acceptors (Lipinski definition) is 4. The summed E-state index contributed by atoms with van der Waals surface area (Å²) >= 11 is 0. The number of phenolic OH excluding ortho intramolecular Hbond substituents is 2. The van der Waals surface area contributed by atoms with Crippen LogP contribution in [0, 0.1) is 0 Å². The minimum Gasteiger partial charge on any atom is -0.504 e. The van der Waals surface area contributed by atoms with Crippen molar-refractivity contribution in [1.82, 2.24) is 5.32 Å². The molecule has 0 aliphatic heterocycles. The van der Waals surface area contributed by atoms with E-state index in [9.17, 15) is 15.0 Å². The van der Waals surface area contributed by atoms with E-state index < -0.39 is 11.7 Å². The van der Waals surface area contributed by atoms with Crippen molar-refractivity contribution >= 4 is 5.91 Å². The van der Waals surface area contributed by atoms with Gasteiger partial charge >= 0.3 is 0 Å². The third-order valence-corrected chi connectivity index (χ3v) is 1.93. The molecule has 1 aromatic carbocycles. The smallest absolute Gasteiger partial charge is 0.255 e. The fourth-order valence-corrected chi connectivity index (χ4v) is 1.11. The molecule has 1 rings (SSSR count). The van der Waals surface area contributed by atoms with Crippen molar-refractivity contribution in [3.63, 3.8) is 0 Å². The zero-order valence-electron chi connectivity index (χ0n) is 8.23. The Kier molecular flexibility index (Phi) is 3.93. The van der Waals surface area contributed by atoms with Crippen molar-refractivity contribution in [1.29, 1.82) is 0 Å². The first-order valence-corrected chi connectivity index (χ1v) is 4.66. The van der Waals surface area contributed by atoms with Crippen molar-refractivity contribution in [3.8, 4) is 11.5 Å². The van der Waals surface area contributed by atoms with Crippen molar-refractivity contribution in [2.75, 3.05) is 13.1 Å². The van der Waals surface area contributed by atoms with E-state index in [1.54, 1.807) is 0 Å². The standard InChI is InChI=1S/C10H14N2O3/c11-5-2-6-12-10(15)7-3-1-4-8(13)9(7)14/h1,3-4,13-14H,2,5-6,11H2,(H,12,15). The maximum absolute atomic E-state index is 11.5. The Bertz CT molecular complexity index is 353. The van der Waals surface area contributed by atoms with E-state index >= 15 is 0 Å². The van der Waals surface area contributed by atoms with Crippen molar-refractivity contribution < 1.29 is 15.0 Å². The number of carbonyl (C=O) groups excluding carboxylic acids is 1. The summed E-state index contributed by atoms with van der Waals surface area (Å²) in [6.07, 6.45) is 0.672. The summed E-state index contributed by atoms with van der Waals surface area (Å²) in [6.45, 7) is 0.941. The van der Waals surface area contributed by atoms with Crippen LogP contribution in [0.3, 0.4) is 0 Å². The van der Waals surface area contributed by atoms with Crippen LogP contribution < -0.4 is 11.1 Å². The Morgan fingerprint density at radius 1 is 1.40 bits per heavy atom. The lowest BCUT2D eigenvalue weighted by molar-refractivity contribution is 0.0950. The van der Waals surface area contributed by atoms with Crippen LogP contribution in [0.15, 0.2) is 18.2 Å². The second-order valence-electron chi connectivity index (χ2n) is 3.07. The molecule has 0 saturated heterocycles. The lowest BCUT2D eigenvalue weighted by atomic mass is 10.1. The molecule has 0 atom stereocenters. The van der Waals surface area contributed by atoms with Crippen molar-refractivity contribution in [2.45, 2.75) is 6.42 Å². The number of amides is 1. The minimum absolute atomic E-state index is 0.0621. The average molecular weight is 210 g/mol. The SMILES string of the molecule is NCCCNC(=O)c1cccc(O)c1O. The molecule has 0 radical (unpaired) electrons. The molecular weight excluding hydrogens is 196 g/mol. The third kappa shape index (κ3) is 2.85. The molecular formula is C10H14N2O3. The summed E-state index contributed by atoms with van der Waals surface area (Å²) in [4.78, 5) is 11.5. The summed E-state index contributed by atoms with van der Waals surface area (Å²) in [5.74, 6) is -1.12. The van der Waals surface area contributed by atoms with Crippen LogP contribution in [0.2, 0.25) is 0 Å². The molecule has 5 heteroatoms. The number of nitrogens with one attached hydrogen (secondary N) is 1. The first-order valence-electron chi connectivity index (χ1n) is 4.66. The lowest BCUT2D eigenvalue weighted by Crippen LogP contribution is -2.25. The monoisotopic (exact) mass is 210 g/mol. The zero-order chi connectivity index (χ0) is 11.3. The van der Waals surface area contributed by atoms with Gasteiger partial charge in [0.05, 0.1) is 5.56 Å². The van der Waals surface area contributed by atoms with Crippen molar-refractivity contribution in [2.24, 2.45) is 5.73 Å². The second kappa shape index (κ2) is 5.21. The fraction of sp³-hybridized carbons (Fsp3) is 0.300. The van der Waals surface area contributed by atoms with Crippen molar-refractivity contribution in [3.05, 3.63) is 23.8 Å². The molecule has 5 nitrogen and oxygen atoms in total. The highest BCUT2D eigenvalue weighted by Gasteiger charge is 2.12. The van der Waals surface area contributed by atoms with Crippen LogP contribution in [0.25, 0.3) is 0 Å². The van der Waals surface area contributed by atoms with Crippen LogP contribution >= 0.6 is 0 Å². The maximum atomic E-state index is 11.5. The molecule has 0 heterocycles. The molecule has 0 fully saturated rings. The van der Waals surface area contributed by atoms with Gasteiger partial charge in [-0.3, -0.25) is 4.79 Å². The number of phenols is 2. The summed E-state index contributed by atoms with van der Waals surface area (Å²) < 4.78 is 0. The van der Waals surface area contributed by atoms with E-state index in [-0.39, 0.29) is 11.3 Å². The quantitative estimate of drug-likeness (QED) is 0.421. The van der Waals surface area contributed by atoms with Crippen LogP contribution in [0.4, 0.5) is 0 Å². The number of aromatic hydroxyl groups is 2. The first kappa shape index (κ1) is 11.3. The Hall–Kier alpha value is -1.75. The first-order chi connectivity index (χ1) is 7.16. The van der Waals surface area contributed by atoms with E-state index in [1.165, 1.54) is 18.2 Å². The minimum atomic E-state index is -0.420. The highest BCUT2D eigenvalue weighted by atomic mass is 16.3. The van der Waals surface area contributed by atoms with Crippen LogP contribution in [0.5, 0.6) is 11.5 Å². The average Bonchev–Trinajstić information content (AvgIpc) is 2.22. The molecule has 0 spiro atoms. The van der Waals surface area contributed by atoms with E-state index in [0.717, 1.165) is 0 Å².